The van der Waals surface area contributed by atoms with Gasteiger partial charge in [-0.2, -0.15) is 0 Å². The van der Waals surface area contributed by atoms with Gasteiger partial charge in [0.2, 0.25) is 0 Å². The Morgan fingerprint density at radius 3 is 2.25 bits per heavy atom. The molecule has 0 aromatic heterocycles. The van der Waals surface area contributed by atoms with Gasteiger partial charge in [-0.3, -0.25) is 0 Å². The Morgan fingerprint density at radius 2 is 1.69 bits per heavy atom. The fourth-order valence-corrected chi connectivity index (χ4v) is 1.83. The zero-order valence-electron chi connectivity index (χ0n) is 10.6. The second kappa shape index (κ2) is 7.32. The summed E-state index contributed by atoms with van der Waals surface area (Å²) in [7, 11) is 0. The van der Waals surface area contributed by atoms with E-state index in [2.05, 4.69) is 0 Å². The number of aryl methyl sites for hydroxylation is 1. The fourth-order valence-electron chi connectivity index (χ4n) is 1.83. The van der Waals surface area contributed by atoms with Crippen molar-refractivity contribution in [2.75, 3.05) is 0 Å². The first-order valence-electron chi connectivity index (χ1n) is 6.62. The molecule has 1 fully saturated rings. The van der Waals surface area contributed by atoms with Gasteiger partial charge in [0.25, 0.3) is 0 Å². The van der Waals surface area contributed by atoms with Crippen LogP contribution in [-0.2, 0) is 6.42 Å². The maximum absolute atomic E-state index is 9.11. The number of aromatic hydroxyl groups is 1. The van der Waals surface area contributed by atoms with Gasteiger partial charge < -0.3 is 5.11 Å². The van der Waals surface area contributed by atoms with Crippen LogP contribution in [0.2, 0.25) is 0 Å². The van der Waals surface area contributed by atoms with Gasteiger partial charge in [-0.25, -0.2) is 0 Å². The predicted octanol–water partition coefficient (Wildman–Crippen LogP) is 4.54. The fraction of sp³-hybridized carbons (Fsp3) is 0.600. The van der Waals surface area contributed by atoms with Crippen molar-refractivity contribution in [1.29, 1.82) is 0 Å². The van der Waals surface area contributed by atoms with E-state index in [1.807, 2.05) is 26.0 Å². The van der Waals surface area contributed by atoms with Crippen molar-refractivity contribution >= 4 is 0 Å². The number of phenols is 1. The van der Waals surface area contributed by atoms with Crippen LogP contribution in [0.25, 0.3) is 0 Å². The molecular formula is C15H24O. The van der Waals surface area contributed by atoms with Crippen molar-refractivity contribution in [2.45, 2.75) is 52.4 Å². The summed E-state index contributed by atoms with van der Waals surface area (Å²) in [5.41, 5.74) is 1.35. The Kier molecular flexibility index (Phi) is 5.99. The van der Waals surface area contributed by atoms with E-state index < -0.39 is 0 Å². The van der Waals surface area contributed by atoms with Gasteiger partial charge in [0.05, 0.1) is 0 Å². The SMILES string of the molecule is CC.Oc1ccc(CCCCC2CC2)cc1. The van der Waals surface area contributed by atoms with Crippen molar-refractivity contribution in [3.8, 4) is 5.75 Å². The minimum atomic E-state index is 0.367. The van der Waals surface area contributed by atoms with Crippen molar-refractivity contribution in [3.63, 3.8) is 0 Å². The molecule has 1 aliphatic rings. The molecule has 1 nitrogen and oxygen atoms in total. The van der Waals surface area contributed by atoms with Crippen LogP contribution >= 0.6 is 0 Å². The highest BCUT2D eigenvalue weighted by Crippen LogP contribution is 2.34. The summed E-state index contributed by atoms with van der Waals surface area (Å²) in [6.07, 6.45) is 8.19. The Balaban J connectivity index is 0.000000606. The van der Waals surface area contributed by atoms with Gasteiger partial charge in [-0.05, 0) is 36.5 Å². The van der Waals surface area contributed by atoms with E-state index in [1.165, 1.54) is 37.7 Å². The Labute approximate surface area is 99.5 Å². The first-order valence-corrected chi connectivity index (χ1v) is 6.62. The minimum Gasteiger partial charge on any atom is -0.508 e. The number of rotatable bonds is 5. The van der Waals surface area contributed by atoms with Crippen LogP contribution in [0.15, 0.2) is 24.3 Å². The molecule has 0 aliphatic heterocycles. The summed E-state index contributed by atoms with van der Waals surface area (Å²) >= 11 is 0. The molecule has 1 N–H and O–H groups in total. The number of hydrogen-bond acceptors (Lipinski definition) is 1. The lowest BCUT2D eigenvalue weighted by atomic mass is 10.1. The third-order valence-corrected chi connectivity index (χ3v) is 2.96. The van der Waals surface area contributed by atoms with Crippen LogP contribution in [0.3, 0.4) is 0 Å². The third kappa shape index (κ3) is 5.20. The summed E-state index contributed by atoms with van der Waals surface area (Å²) in [6.45, 7) is 4.00. The van der Waals surface area contributed by atoms with Crippen molar-refractivity contribution in [3.05, 3.63) is 29.8 Å². The van der Waals surface area contributed by atoms with Crippen molar-refractivity contribution in [2.24, 2.45) is 5.92 Å². The van der Waals surface area contributed by atoms with E-state index in [9.17, 15) is 0 Å². The molecule has 1 aromatic carbocycles. The van der Waals surface area contributed by atoms with Crippen LogP contribution in [0, 0.1) is 5.92 Å². The molecule has 0 atom stereocenters. The second-order valence-corrected chi connectivity index (χ2v) is 4.36. The normalized spacial score (nSPS) is 14.1. The number of hydrogen-bond donors (Lipinski definition) is 1. The zero-order valence-corrected chi connectivity index (χ0v) is 10.6. The predicted molar refractivity (Wildman–Crippen MR) is 69.7 cm³/mol. The van der Waals surface area contributed by atoms with Crippen molar-refractivity contribution < 1.29 is 5.11 Å². The van der Waals surface area contributed by atoms with Crippen LogP contribution in [0.1, 0.15) is 51.5 Å². The molecule has 0 saturated heterocycles. The first kappa shape index (κ1) is 13.1. The summed E-state index contributed by atoms with van der Waals surface area (Å²) in [5.74, 6) is 1.43. The largest absolute Gasteiger partial charge is 0.508 e. The van der Waals surface area contributed by atoms with Gasteiger partial charge in [-0.1, -0.05) is 51.7 Å². The third-order valence-electron chi connectivity index (χ3n) is 2.96. The Bertz CT molecular complexity index is 272. The molecule has 1 saturated carbocycles. The number of phenolic OH excluding ortho intramolecular Hbond substituents is 1. The zero-order chi connectivity index (χ0) is 11.8. The highest BCUT2D eigenvalue weighted by Gasteiger charge is 2.19. The molecular weight excluding hydrogens is 196 g/mol. The second-order valence-electron chi connectivity index (χ2n) is 4.36. The maximum Gasteiger partial charge on any atom is 0.115 e. The molecule has 1 aliphatic carbocycles. The van der Waals surface area contributed by atoms with E-state index in [-0.39, 0.29) is 0 Å². The maximum atomic E-state index is 9.11. The molecule has 0 heterocycles. The van der Waals surface area contributed by atoms with Gasteiger partial charge in [0.1, 0.15) is 5.75 Å². The van der Waals surface area contributed by atoms with Gasteiger partial charge in [0.15, 0.2) is 0 Å². The quantitative estimate of drug-likeness (QED) is 0.722. The molecule has 0 unspecified atom stereocenters. The molecule has 0 bridgehead atoms. The highest BCUT2D eigenvalue weighted by molar-refractivity contribution is 5.25. The number of unbranched alkanes of at least 4 members (excludes halogenated alkanes) is 1. The molecule has 0 radical (unpaired) electrons. The summed E-state index contributed by atoms with van der Waals surface area (Å²) in [6, 6.07) is 7.59. The lowest BCUT2D eigenvalue weighted by Gasteiger charge is -2.01. The van der Waals surface area contributed by atoms with E-state index >= 15 is 0 Å². The van der Waals surface area contributed by atoms with Crippen LogP contribution < -0.4 is 0 Å². The monoisotopic (exact) mass is 220 g/mol. The van der Waals surface area contributed by atoms with Crippen LogP contribution in [-0.4, -0.2) is 5.11 Å². The topological polar surface area (TPSA) is 20.2 Å². The smallest absolute Gasteiger partial charge is 0.115 e. The summed E-state index contributed by atoms with van der Waals surface area (Å²) in [4.78, 5) is 0. The van der Waals surface area contributed by atoms with Crippen LogP contribution in [0.5, 0.6) is 5.75 Å². The number of benzene rings is 1. The molecule has 16 heavy (non-hydrogen) atoms. The average Bonchev–Trinajstić information content (AvgIpc) is 3.14. The van der Waals surface area contributed by atoms with E-state index in [1.54, 1.807) is 12.1 Å². The van der Waals surface area contributed by atoms with Crippen molar-refractivity contribution in [1.82, 2.24) is 0 Å². The summed E-state index contributed by atoms with van der Waals surface area (Å²) in [5, 5.41) is 9.11. The Hall–Kier alpha value is -0.980. The standard InChI is InChI=1S/C13H18O.C2H6/c14-13-9-7-12(8-10-13)4-2-1-3-11-5-6-11;1-2/h7-11,14H,1-6H2;1-2H3. The summed E-state index contributed by atoms with van der Waals surface area (Å²) < 4.78 is 0. The average molecular weight is 220 g/mol. The minimum absolute atomic E-state index is 0.367. The highest BCUT2D eigenvalue weighted by atomic mass is 16.3. The molecule has 2 rings (SSSR count). The van der Waals surface area contributed by atoms with Gasteiger partial charge in [-0.15, -0.1) is 0 Å². The van der Waals surface area contributed by atoms with Gasteiger partial charge >= 0.3 is 0 Å². The van der Waals surface area contributed by atoms with E-state index in [4.69, 9.17) is 5.11 Å². The molecule has 0 amide bonds. The van der Waals surface area contributed by atoms with Crippen LogP contribution in [0.4, 0.5) is 0 Å². The lowest BCUT2D eigenvalue weighted by molar-refractivity contribution is 0.475. The Morgan fingerprint density at radius 1 is 1.06 bits per heavy atom. The van der Waals surface area contributed by atoms with E-state index in [0.717, 1.165) is 12.3 Å². The molecule has 1 aromatic rings. The molecule has 1 heteroatoms. The molecule has 90 valence electrons. The van der Waals surface area contributed by atoms with E-state index in [0.29, 0.717) is 5.75 Å². The molecule has 0 spiro atoms. The lowest BCUT2D eigenvalue weighted by Crippen LogP contribution is -1.86. The van der Waals surface area contributed by atoms with Gasteiger partial charge in [0, 0.05) is 0 Å². The first-order chi connectivity index (χ1) is 7.84.